The number of nitro groups is 1. The number of fused-ring (bicyclic) bond motifs is 1. The van der Waals surface area contributed by atoms with E-state index in [9.17, 15) is 10.1 Å². The molecule has 134 valence electrons. The molecule has 0 bridgehead atoms. The number of aromatic nitrogens is 2. The van der Waals surface area contributed by atoms with Crippen LogP contribution < -0.4 is 4.74 Å². The zero-order chi connectivity index (χ0) is 18.8. The van der Waals surface area contributed by atoms with Gasteiger partial charge in [0.25, 0.3) is 5.69 Å². The van der Waals surface area contributed by atoms with Gasteiger partial charge in [-0.15, -0.1) is 0 Å². The highest BCUT2D eigenvalue weighted by Gasteiger charge is 2.12. The molecular formula is C21H17N3O3. The monoisotopic (exact) mass is 359 g/mol. The van der Waals surface area contributed by atoms with Crippen molar-refractivity contribution in [1.29, 1.82) is 0 Å². The SMILES string of the molecule is COc1ccc(Cn2ccc3ccnc(-c4ccc([N+](=O)[O-])cc4)c32)cc1. The zero-order valence-electron chi connectivity index (χ0n) is 14.7. The van der Waals surface area contributed by atoms with Crippen LogP contribution in [0.2, 0.25) is 0 Å². The van der Waals surface area contributed by atoms with Crippen LogP contribution in [0, 0.1) is 10.1 Å². The molecule has 4 rings (SSSR count). The Labute approximate surface area is 155 Å². The van der Waals surface area contributed by atoms with Crippen LogP contribution in [0.25, 0.3) is 22.2 Å². The summed E-state index contributed by atoms with van der Waals surface area (Å²) in [5.74, 6) is 0.823. The Morgan fingerprint density at radius 3 is 2.44 bits per heavy atom. The van der Waals surface area contributed by atoms with E-state index in [2.05, 4.69) is 15.6 Å². The molecule has 2 aromatic carbocycles. The molecule has 0 saturated heterocycles. The third-order valence-electron chi connectivity index (χ3n) is 4.54. The molecule has 27 heavy (non-hydrogen) atoms. The largest absolute Gasteiger partial charge is 0.497 e. The molecule has 2 heterocycles. The molecule has 0 atom stereocenters. The van der Waals surface area contributed by atoms with Gasteiger partial charge in [-0.25, -0.2) is 0 Å². The van der Waals surface area contributed by atoms with Crippen LogP contribution in [-0.4, -0.2) is 21.6 Å². The Kier molecular flexibility index (Phi) is 4.30. The van der Waals surface area contributed by atoms with Crippen molar-refractivity contribution < 1.29 is 9.66 Å². The summed E-state index contributed by atoms with van der Waals surface area (Å²) in [6.07, 6.45) is 3.79. The standard InChI is InChI=1S/C21H17N3O3/c1-27-19-8-2-15(3-9-19)14-23-13-11-17-10-12-22-20(21(17)23)16-4-6-18(7-5-16)24(25)26/h2-13H,14H2,1H3. The fourth-order valence-corrected chi connectivity index (χ4v) is 3.16. The maximum Gasteiger partial charge on any atom is 0.269 e. The van der Waals surface area contributed by atoms with E-state index in [0.717, 1.165) is 33.5 Å². The van der Waals surface area contributed by atoms with E-state index in [0.29, 0.717) is 6.54 Å². The second kappa shape index (κ2) is 6.92. The van der Waals surface area contributed by atoms with E-state index < -0.39 is 4.92 Å². The maximum atomic E-state index is 10.9. The van der Waals surface area contributed by atoms with Gasteiger partial charge in [-0.1, -0.05) is 12.1 Å². The molecule has 4 aromatic rings. The molecule has 0 amide bonds. The Bertz CT molecular complexity index is 1100. The lowest BCUT2D eigenvalue weighted by atomic mass is 10.1. The average Bonchev–Trinajstić information content (AvgIpc) is 3.11. The van der Waals surface area contributed by atoms with E-state index in [-0.39, 0.29) is 5.69 Å². The first-order valence-electron chi connectivity index (χ1n) is 8.47. The molecule has 0 aliphatic heterocycles. The highest BCUT2D eigenvalue weighted by atomic mass is 16.6. The highest BCUT2D eigenvalue weighted by Crippen LogP contribution is 2.29. The smallest absolute Gasteiger partial charge is 0.269 e. The third-order valence-corrected chi connectivity index (χ3v) is 4.54. The van der Waals surface area contributed by atoms with E-state index in [1.54, 1.807) is 25.4 Å². The van der Waals surface area contributed by atoms with Crippen molar-refractivity contribution in [1.82, 2.24) is 9.55 Å². The van der Waals surface area contributed by atoms with Crippen LogP contribution in [0.1, 0.15) is 5.56 Å². The quantitative estimate of drug-likeness (QED) is 0.383. The van der Waals surface area contributed by atoms with Crippen LogP contribution in [0.15, 0.2) is 73.1 Å². The summed E-state index contributed by atoms with van der Waals surface area (Å²) in [5.41, 5.74) is 3.87. The Balaban J connectivity index is 1.75. The number of benzene rings is 2. The van der Waals surface area contributed by atoms with Crippen LogP contribution >= 0.6 is 0 Å². The van der Waals surface area contributed by atoms with Gasteiger partial charge in [-0.05, 0) is 42.0 Å². The summed E-state index contributed by atoms with van der Waals surface area (Å²) < 4.78 is 7.35. The topological polar surface area (TPSA) is 70.2 Å². The molecule has 0 N–H and O–H groups in total. The lowest BCUT2D eigenvalue weighted by Crippen LogP contribution is -2.00. The van der Waals surface area contributed by atoms with Crippen molar-refractivity contribution >= 4 is 16.6 Å². The van der Waals surface area contributed by atoms with Gasteiger partial charge in [0.05, 0.1) is 23.2 Å². The molecule has 0 spiro atoms. The molecule has 6 nitrogen and oxygen atoms in total. The van der Waals surface area contributed by atoms with Gasteiger partial charge >= 0.3 is 0 Å². The number of pyridine rings is 1. The lowest BCUT2D eigenvalue weighted by molar-refractivity contribution is -0.384. The predicted molar refractivity (Wildman–Crippen MR) is 104 cm³/mol. The second-order valence-electron chi connectivity index (χ2n) is 6.19. The highest BCUT2D eigenvalue weighted by molar-refractivity contribution is 5.92. The van der Waals surface area contributed by atoms with Crippen molar-refractivity contribution in [3.8, 4) is 17.0 Å². The molecular weight excluding hydrogens is 342 g/mol. The first-order chi connectivity index (χ1) is 13.2. The van der Waals surface area contributed by atoms with Crippen LogP contribution in [0.5, 0.6) is 5.75 Å². The lowest BCUT2D eigenvalue weighted by Gasteiger charge is -2.10. The average molecular weight is 359 g/mol. The fraction of sp³-hybridized carbons (Fsp3) is 0.0952. The van der Waals surface area contributed by atoms with Crippen molar-refractivity contribution in [2.45, 2.75) is 6.54 Å². The van der Waals surface area contributed by atoms with E-state index in [4.69, 9.17) is 4.74 Å². The second-order valence-corrected chi connectivity index (χ2v) is 6.19. The van der Waals surface area contributed by atoms with Gasteiger partial charge in [0.2, 0.25) is 0 Å². The van der Waals surface area contributed by atoms with Crippen LogP contribution in [0.3, 0.4) is 0 Å². The van der Waals surface area contributed by atoms with Crippen molar-refractivity contribution in [3.05, 3.63) is 88.7 Å². The summed E-state index contributed by atoms with van der Waals surface area (Å²) in [6, 6.07) is 18.5. The predicted octanol–water partition coefficient (Wildman–Crippen LogP) is 4.67. The Morgan fingerprint density at radius 2 is 1.78 bits per heavy atom. The number of rotatable bonds is 5. The number of ether oxygens (including phenoxy) is 1. The minimum Gasteiger partial charge on any atom is -0.497 e. The first-order valence-corrected chi connectivity index (χ1v) is 8.47. The summed E-state index contributed by atoms with van der Waals surface area (Å²) >= 11 is 0. The number of nitrogens with zero attached hydrogens (tertiary/aromatic N) is 3. The number of hydrogen-bond donors (Lipinski definition) is 0. The molecule has 0 radical (unpaired) electrons. The van der Waals surface area contributed by atoms with Crippen LogP contribution in [-0.2, 0) is 6.54 Å². The number of hydrogen-bond acceptors (Lipinski definition) is 4. The van der Waals surface area contributed by atoms with Gasteiger partial charge < -0.3 is 9.30 Å². The summed E-state index contributed by atoms with van der Waals surface area (Å²) in [7, 11) is 1.65. The van der Waals surface area contributed by atoms with Crippen molar-refractivity contribution in [2.75, 3.05) is 7.11 Å². The maximum absolute atomic E-state index is 10.9. The Hall–Kier alpha value is -3.67. The molecule has 0 aliphatic rings. The van der Waals surface area contributed by atoms with Crippen LogP contribution in [0.4, 0.5) is 5.69 Å². The number of nitro benzene ring substituents is 1. The van der Waals surface area contributed by atoms with Gasteiger partial charge in [-0.3, -0.25) is 15.1 Å². The van der Waals surface area contributed by atoms with Gasteiger partial charge in [0.1, 0.15) is 5.75 Å². The van der Waals surface area contributed by atoms with Crippen molar-refractivity contribution in [2.24, 2.45) is 0 Å². The molecule has 2 aromatic heterocycles. The summed E-state index contributed by atoms with van der Waals surface area (Å²) in [5, 5.41) is 12.0. The molecule has 0 unspecified atom stereocenters. The molecule has 6 heteroatoms. The van der Waals surface area contributed by atoms with E-state index in [1.165, 1.54) is 12.1 Å². The van der Waals surface area contributed by atoms with Gasteiger partial charge in [0.15, 0.2) is 0 Å². The van der Waals surface area contributed by atoms with E-state index >= 15 is 0 Å². The van der Waals surface area contributed by atoms with Gasteiger partial charge in [0, 0.05) is 42.0 Å². The minimum absolute atomic E-state index is 0.0690. The van der Waals surface area contributed by atoms with E-state index in [1.807, 2.05) is 36.5 Å². The molecule has 0 saturated carbocycles. The Morgan fingerprint density at radius 1 is 1.04 bits per heavy atom. The minimum atomic E-state index is -0.399. The van der Waals surface area contributed by atoms with Crippen molar-refractivity contribution in [3.63, 3.8) is 0 Å². The zero-order valence-corrected chi connectivity index (χ0v) is 14.7. The fourth-order valence-electron chi connectivity index (χ4n) is 3.16. The van der Waals surface area contributed by atoms with Gasteiger partial charge in [-0.2, -0.15) is 0 Å². The summed E-state index contributed by atoms with van der Waals surface area (Å²) in [4.78, 5) is 15.0. The molecule has 0 aliphatic carbocycles. The number of methoxy groups -OCH3 is 1. The third kappa shape index (κ3) is 3.25. The first kappa shape index (κ1) is 16.8. The molecule has 0 fully saturated rings. The number of non-ortho nitro benzene ring substituents is 1. The normalized spacial score (nSPS) is 10.9. The summed E-state index contributed by atoms with van der Waals surface area (Å²) in [6.45, 7) is 0.694.